The molecule has 2 rings (SSSR count). The van der Waals surface area contributed by atoms with E-state index >= 15 is 0 Å². The van der Waals surface area contributed by atoms with Crippen molar-refractivity contribution in [1.82, 2.24) is 0 Å². The smallest absolute Gasteiger partial charge is 0.255 e. The number of anilines is 1. The molecule has 0 aliphatic heterocycles. The quantitative estimate of drug-likeness (QED) is 0.771. The van der Waals surface area contributed by atoms with Crippen LogP contribution in [0.15, 0.2) is 34.8 Å². The average Bonchev–Trinajstić information content (AvgIpc) is 2.45. The van der Waals surface area contributed by atoms with Crippen molar-refractivity contribution in [2.45, 2.75) is 6.92 Å². The van der Waals surface area contributed by atoms with E-state index in [0.29, 0.717) is 27.0 Å². The van der Waals surface area contributed by atoms with Crippen molar-refractivity contribution in [3.8, 4) is 5.75 Å². The summed E-state index contributed by atoms with van der Waals surface area (Å²) in [5.41, 5.74) is 1.86. The molecular weight excluding hydrogens is 377 g/mol. The zero-order valence-electron chi connectivity index (χ0n) is 11.3. The van der Waals surface area contributed by atoms with Gasteiger partial charge in [-0.2, -0.15) is 0 Å². The van der Waals surface area contributed by atoms with E-state index in [-0.39, 0.29) is 5.91 Å². The van der Waals surface area contributed by atoms with Crippen LogP contribution in [0.5, 0.6) is 5.75 Å². The lowest BCUT2D eigenvalue weighted by atomic mass is 10.1. The third-order valence-corrected chi connectivity index (χ3v) is 4.55. The molecular formula is C15H12BrCl2NO2. The molecule has 0 atom stereocenters. The summed E-state index contributed by atoms with van der Waals surface area (Å²) in [6, 6.07) is 8.43. The topological polar surface area (TPSA) is 38.3 Å². The molecule has 0 aliphatic carbocycles. The fraction of sp³-hybridized carbons (Fsp3) is 0.133. The van der Waals surface area contributed by atoms with Gasteiger partial charge in [-0.05, 0) is 52.7 Å². The summed E-state index contributed by atoms with van der Waals surface area (Å²) in [4.78, 5) is 12.3. The Morgan fingerprint density at radius 3 is 2.52 bits per heavy atom. The van der Waals surface area contributed by atoms with Crippen molar-refractivity contribution in [2.75, 3.05) is 12.4 Å². The Hall–Kier alpha value is -1.23. The van der Waals surface area contributed by atoms with Crippen molar-refractivity contribution < 1.29 is 9.53 Å². The molecule has 21 heavy (non-hydrogen) atoms. The molecule has 1 N–H and O–H groups in total. The second-order valence-corrected chi connectivity index (χ2v) is 6.05. The highest BCUT2D eigenvalue weighted by atomic mass is 79.9. The fourth-order valence-electron chi connectivity index (χ4n) is 1.76. The maximum atomic E-state index is 12.3. The molecule has 0 spiro atoms. The van der Waals surface area contributed by atoms with Crippen LogP contribution in [0.25, 0.3) is 0 Å². The summed E-state index contributed by atoms with van der Waals surface area (Å²) in [5, 5.41) is 3.85. The number of aryl methyl sites for hydroxylation is 1. The highest BCUT2D eigenvalue weighted by molar-refractivity contribution is 9.10. The number of carbonyl (C=O) groups excluding carboxylic acids is 1. The first-order valence-corrected chi connectivity index (χ1v) is 7.58. The van der Waals surface area contributed by atoms with Crippen LogP contribution in [0.3, 0.4) is 0 Å². The minimum absolute atomic E-state index is 0.274. The Bertz CT molecular complexity index is 704. The Morgan fingerprint density at radius 2 is 1.90 bits per heavy atom. The van der Waals surface area contributed by atoms with Crippen LogP contribution in [-0.2, 0) is 0 Å². The first kappa shape index (κ1) is 16.1. The summed E-state index contributed by atoms with van der Waals surface area (Å²) < 4.78 is 5.96. The number of hydrogen-bond acceptors (Lipinski definition) is 2. The number of nitrogens with one attached hydrogen (secondary N) is 1. The molecule has 0 saturated carbocycles. The van der Waals surface area contributed by atoms with Crippen LogP contribution < -0.4 is 10.1 Å². The minimum atomic E-state index is -0.274. The van der Waals surface area contributed by atoms with E-state index in [9.17, 15) is 4.79 Å². The van der Waals surface area contributed by atoms with Gasteiger partial charge in [0.25, 0.3) is 5.91 Å². The first-order chi connectivity index (χ1) is 9.92. The molecule has 0 fully saturated rings. The van der Waals surface area contributed by atoms with Crippen molar-refractivity contribution >= 4 is 50.7 Å². The van der Waals surface area contributed by atoms with Gasteiger partial charge in [0.1, 0.15) is 5.75 Å². The summed E-state index contributed by atoms with van der Waals surface area (Å²) in [6.45, 7) is 1.86. The third-order valence-electron chi connectivity index (χ3n) is 2.91. The average molecular weight is 389 g/mol. The van der Waals surface area contributed by atoms with Crippen LogP contribution in [-0.4, -0.2) is 13.0 Å². The maximum absolute atomic E-state index is 12.3. The molecule has 0 radical (unpaired) electrons. The maximum Gasteiger partial charge on any atom is 0.255 e. The number of benzene rings is 2. The van der Waals surface area contributed by atoms with Crippen LogP contribution in [0.2, 0.25) is 10.0 Å². The number of hydrogen-bond donors (Lipinski definition) is 1. The Balaban J connectivity index is 2.31. The second kappa shape index (κ2) is 6.69. The van der Waals surface area contributed by atoms with Gasteiger partial charge < -0.3 is 10.1 Å². The SMILES string of the molecule is COc1cc(Cl)c(C)cc1NC(=O)c1ccc(Br)c(Cl)c1. The molecule has 3 nitrogen and oxygen atoms in total. The summed E-state index contributed by atoms with van der Waals surface area (Å²) >= 11 is 15.3. The summed E-state index contributed by atoms with van der Waals surface area (Å²) in [6.07, 6.45) is 0. The summed E-state index contributed by atoms with van der Waals surface area (Å²) in [5.74, 6) is 0.228. The molecule has 6 heteroatoms. The van der Waals surface area contributed by atoms with Gasteiger partial charge >= 0.3 is 0 Å². The van der Waals surface area contributed by atoms with Crippen LogP contribution >= 0.6 is 39.1 Å². The Labute approximate surface area is 141 Å². The van der Waals surface area contributed by atoms with E-state index in [2.05, 4.69) is 21.2 Å². The number of ether oxygens (including phenoxy) is 1. The molecule has 0 aromatic heterocycles. The van der Waals surface area contributed by atoms with Gasteiger partial charge in [-0.3, -0.25) is 4.79 Å². The van der Waals surface area contributed by atoms with E-state index in [4.69, 9.17) is 27.9 Å². The predicted molar refractivity (Wildman–Crippen MR) is 89.8 cm³/mol. The molecule has 2 aromatic rings. The van der Waals surface area contributed by atoms with Crippen LogP contribution in [0.1, 0.15) is 15.9 Å². The molecule has 110 valence electrons. The molecule has 2 aromatic carbocycles. The zero-order chi connectivity index (χ0) is 15.6. The molecule has 0 aliphatic rings. The lowest BCUT2D eigenvalue weighted by Gasteiger charge is -2.12. The van der Waals surface area contributed by atoms with Gasteiger partial charge in [0.2, 0.25) is 0 Å². The van der Waals surface area contributed by atoms with Crippen molar-refractivity contribution in [3.63, 3.8) is 0 Å². The largest absolute Gasteiger partial charge is 0.495 e. The van der Waals surface area contributed by atoms with Gasteiger partial charge in [-0.1, -0.05) is 23.2 Å². The first-order valence-electron chi connectivity index (χ1n) is 6.03. The molecule has 0 saturated heterocycles. The Morgan fingerprint density at radius 1 is 1.19 bits per heavy atom. The van der Waals surface area contributed by atoms with E-state index in [1.807, 2.05) is 6.92 Å². The number of amides is 1. The molecule has 0 unspecified atom stereocenters. The van der Waals surface area contributed by atoms with E-state index < -0.39 is 0 Å². The third kappa shape index (κ3) is 3.70. The second-order valence-electron chi connectivity index (χ2n) is 4.38. The van der Waals surface area contributed by atoms with Crippen molar-refractivity contribution in [2.24, 2.45) is 0 Å². The normalized spacial score (nSPS) is 10.3. The highest BCUT2D eigenvalue weighted by Crippen LogP contribution is 2.31. The van der Waals surface area contributed by atoms with E-state index in [0.717, 1.165) is 10.0 Å². The minimum Gasteiger partial charge on any atom is -0.495 e. The number of carbonyl (C=O) groups is 1. The molecule has 1 amide bonds. The molecule has 0 heterocycles. The zero-order valence-corrected chi connectivity index (χ0v) is 14.4. The van der Waals surface area contributed by atoms with Gasteiger partial charge in [0, 0.05) is 21.1 Å². The number of halogens is 3. The van der Waals surface area contributed by atoms with Gasteiger partial charge in [0.15, 0.2) is 0 Å². The van der Waals surface area contributed by atoms with E-state index in [1.54, 1.807) is 30.3 Å². The van der Waals surface area contributed by atoms with Crippen LogP contribution in [0, 0.1) is 6.92 Å². The van der Waals surface area contributed by atoms with Crippen molar-refractivity contribution in [3.05, 3.63) is 56.0 Å². The number of methoxy groups -OCH3 is 1. The highest BCUT2D eigenvalue weighted by Gasteiger charge is 2.13. The monoisotopic (exact) mass is 387 g/mol. The Kier molecular flexibility index (Phi) is 5.14. The van der Waals surface area contributed by atoms with E-state index in [1.165, 1.54) is 7.11 Å². The standard InChI is InChI=1S/C15H12BrCl2NO2/c1-8-5-13(14(21-2)7-11(8)17)19-15(20)9-3-4-10(16)12(18)6-9/h3-7H,1-2H3,(H,19,20). The molecule has 0 bridgehead atoms. The van der Waals surface area contributed by atoms with Gasteiger partial charge in [0.05, 0.1) is 17.8 Å². The van der Waals surface area contributed by atoms with Gasteiger partial charge in [-0.15, -0.1) is 0 Å². The number of rotatable bonds is 3. The predicted octanol–water partition coefficient (Wildman–Crippen LogP) is 5.33. The lowest BCUT2D eigenvalue weighted by Crippen LogP contribution is -2.12. The summed E-state index contributed by atoms with van der Waals surface area (Å²) in [7, 11) is 1.52. The fourth-order valence-corrected chi connectivity index (χ4v) is 2.34. The van der Waals surface area contributed by atoms with Gasteiger partial charge in [-0.25, -0.2) is 0 Å². The lowest BCUT2D eigenvalue weighted by molar-refractivity contribution is 0.102. The van der Waals surface area contributed by atoms with Crippen molar-refractivity contribution in [1.29, 1.82) is 0 Å². The van der Waals surface area contributed by atoms with Crippen LogP contribution in [0.4, 0.5) is 5.69 Å².